The zero-order valence-corrected chi connectivity index (χ0v) is 13.8. The molecule has 0 aromatic carbocycles. The molecule has 2 rings (SSSR count). The fourth-order valence-corrected chi connectivity index (χ4v) is 5.58. The molecule has 2 aliphatic rings. The van der Waals surface area contributed by atoms with Crippen LogP contribution in [0.2, 0.25) is 0 Å². The van der Waals surface area contributed by atoms with Gasteiger partial charge < -0.3 is 5.11 Å². The van der Waals surface area contributed by atoms with E-state index in [1.54, 1.807) is 0 Å². The minimum atomic E-state index is -0.404. The van der Waals surface area contributed by atoms with Crippen LogP contribution in [-0.2, 0) is 0 Å². The van der Waals surface area contributed by atoms with Gasteiger partial charge in [-0.25, -0.2) is 0 Å². The summed E-state index contributed by atoms with van der Waals surface area (Å²) in [6.45, 7) is 11.7. The fraction of sp³-hybridized carbons (Fsp3) is 1.00. The second kappa shape index (κ2) is 5.06. The average molecular weight is 266 g/mol. The molecule has 2 unspecified atom stereocenters. The van der Waals surface area contributed by atoms with E-state index < -0.39 is 5.60 Å². The van der Waals surface area contributed by atoms with E-state index in [9.17, 15) is 5.11 Å². The van der Waals surface area contributed by atoms with Gasteiger partial charge in [-0.1, -0.05) is 53.9 Å². The van der Waals surface area contributed by atoms with E-state index in [-0.39, 0.29) is 10.8 Å². The smallest absolute Gasteiger partial charge is 0.0686 e. The molecule has 0 aromatic rings. The van der Waals surface area contributed by atoms with E-state index in [4.69, 9.17) is 0 Å². The summed E-state index contributed by atoms with van der Waals surface area (Å²) in [6.07, 6.45) is 9.77. The Bertz CT molecular complexity index is 300. The molecule has 1 nitrogen and oxygen atoms in total. The Balaban J connectivity index is 2.16. The van der Waals surface area contributed by atoms with E-state index in [1.165, 1.54) is 38.5 Å². The number of hydrogen-bond acceptors (Lipinski definition) is 1. The predicted molar refractivity (Wildman–Crippen MR) is 82.1 cm³/mol. The zero-order chi connectivity index (χ0) is 14.3. The normalized spacial score (nSPS) is 36.9. The van der Waals surface area contributed by atoms with Gasteiger partial charge in [0.25, 0.3) is 0 Å². The van der Waals surface area contributed by atoms with Crippen molar-refractivity contribution in [3.05, 3.63) is 0 Å². The first-order valence-corrected chi connectivity index (χ1v) is 8.38. The van der Waals surface area contributed by atoms with Crippen molar-refractivity contribution in [2.24, 2.45) is 22.7 Å². The van der Waals surface area contributed by atoms with Gasteiger partial charge in [0.1, 0.15) is 0 Å². The monoisotopic (exact) mass is 266 g/mol. The molecule has 0 bridgehead atoms. The number of hydrogen-bond donors (Lipinski definition) is 1. The summed E-state index contributed by atoms with van der Waals surface area (Å²) in [5, 5.41) is 11.4. The van der Waals surface area contributed by atoms with Crippen molar-refractivity contribution in [3.63, 3.8) is 0 Å². The first kappa shape index (κ1) is 15.4. The Morgan fingerprint density at radius 2 is 1.53 bits per heavy atom. The van der Waals surface area contributed by atoms with Crippen molar-refractivity contribution in [1.82, 2.24) is 0 Å². The standard InChI is InChI=1S/C18H34O/c1-6-14-8-7-9-15(10-14)18(19)12-16(2,3)11-17(4,5)13-18/h14-15,19H,6-13H2,1-5H3. The first-order chi connectivity index (χ1) is 8.66. The van der Waals surface area contributed by atoms with Crippen molar-refractivity contribution in [2.75, 3.05) is 0 Å². The Kier molecular flexibility index (Phi) is 4.09. The second-order valence-corrected chi connectivity index (χ2v) is 9.10. The van der Waals surface area contributed by atoms with Crippen LogP contribution in [0.5, 0.6) is 0 Å². The minimum Gasteiger partial charge on any atom is -0.390 e. The average Bonchev–Trinajstić information content (AvgIpc) is 2.24. The van der Waals surface area contributed by atoms with Crippen molar-refractivity contribution >= 4 is 0 Å². The molecule has 112 valence electrons. The summed E-state index contributed by atoms with van der Waals surface area (Å²) in [5.74, 6) is 1.40. The highest BCUT2D eigenvalue weighted by Gasteiger charge is 2.50. The molecule has 0 radical (unpaired) electrons. The minimum absolute atomic E-state index is 0.287. The first-order valence-electron chi connectivity index (χ1n) is 8.38. The topological polar surface area (TPSA) is 20.2 Å². The lowest BCUT2D eigenvalue weighted by molar-refractivity contribution is -0.133. The molecule has 2 aliphatic carbocycles. The van der Waals surface area contributed by atoms with Crippen LogP contribution in [0, 0.1) is 22.7 Å². The summed E-state index contributed by atoms with van der Waals surface area (Å²) >= 11 is 0. The molecule has 0 saturated heterocycles. The van der Waals surface area contributed by atoms with Crippen molar-refractivity contribution in [3.8, 4) is 0 Å². The molecular weight excluding hydrogens is 232 g/mol. The van der Waals surface area contributed by atoms with E-state index in [0.29, 0.717) is 5.92 Å². The maximum Gasteiger partial charge on any atom is 0.0686 e. The molecule has 0 aromatic heterocycles. The van der Waals surface area contributed by atoms with Crippen LogP contribution in [0.15, 0.2) is 0 Å². The Hall–Kier alpha value is -0.0400. The van der Waals surface area contributed by atoms with Gasteiger partial charge in [0, 0.05) is 0 Å². The summed E-state index contributed by atoms with van der Waals surface area (Å²) < 4.78 is 0. The van der Waals surface area contributed by atoms with Gasteiger partial charge in [0.15, 0.2) is 0 Å². The van der Waals surface area contributed by atoms with Crippen molar-refractivity contribution < 1.29 is 5.11 Å². The quantitative estimate of drug-likeness (QED) is 0.731. The van der Waals surface area contributed by atoms with E-state index in [2.05, 4.69) is 34.6 Å². The molecule has 0 aliphatic heterocycles. The molecule has 0 amide bonds. The van der Waals surface area contributed by atoms with Crippen LogP contribution >= 0.6 is 0 Å². The number of rotatable bonds is 2. The van der Waals surface area contributed by atoms with Crippen molar-refractivity contribution in [1.29, 1.82) is 0 Å². The summed E-state index contributed by atoms with van der Waals surface area (Å²) in [7, 11) is 0. The summed E-state index contributed by atoms with van der Waals surface area (Å²) in [5.41, 5.74) is 0.171. The van der Waals surface area contributed by atoms with Crippen LogP contribution in [-0.4, -0.2) is 10.7 Å². The number of aliphatic hydroxyl groups is 1. The van der Waals surface area contributed by atoms with Crippen LogP contribution in [0.3, 0.4) is 0 Å². The van der Waals surface area contributed by atoms with E-state index in [1.807, 2.05) is 0 Å². The van der Waals surface area contributed by atoms with Gasteiger partial charge in [0.2, 0.25) is 0 Å². The van der Waals surface area contributed by atoms with Crippen LogP contribution < -0.4 is 0 Å². The van der Waals surface area contributed by atoms with Gasteiger partial charge in [-0.05, 0) is 54.8 Å². The van der Waals surface area contributed by atoms with E-state index in [0.717, 1.165) is 18.8 Å². The molecule has 1 N–H and O–H groups in total. The van der Waals surface area contributed by atoms with Gasteiger partial charge in [-0.2, -0.15) is 0 Å². The molecule has 2 atom stereocenters. The molecule has 2 fully saturated rings. The van der Waals surface area contributed by atoms with Crippen LogP contribution in [0.1, 0.15) is 86.0 Å². The Morgan fingerprint density at radius 1 is 0.947 bits per heavy atom. The lowest BCUT2D eigenvalue weighted by Crippen LogP contribution is -2.51. The highest BCUT2D eigenvalue weighted by Crippen LogP contribution is 2.55. The zero-order valence-electron chi connectivity index (χ0n) is 13.8. The molecule has 1 heteroatoms. The third-order valence-electron chi connectivity index (χ3n) is 5.65. The highest BCUT2D eigenvalue weighted by atomic mass is 16.3. The van der Waals surface area contributed by atoms with Crippen LogP contribution in [0.25, 0.3) is 0 Å². The van der Waals surface area contributed by atoms with Gasteiger partial charge >= 0.3 is 0 Å². The third kappa shape index (κ3) is 3.54. The van der Waals surface area contributed by atoms with Gasteiger partial charge in [-0.15, -0.1) is 0 Å². The Morgan fingerprint density at radius 3 is 2.05 bits per heavy atom. The molecule has 2 saturated carbocycles. The van der Waals surface area contributed by atoms with Gasteiger partial charge in [0.05, 0.1) is 5.60 Å². The molecule has 0 heterocycles. The third-order valence-corrected chi connectivity index (χ3v) is 5.65. The molecule has 0 spiro atoms. The predicted octanol–water partition coefficient (Wildman–Crippen LogP) is 5.17. The van der Waals surface area contributed by atoms with Gasteiger partial charge in [-0.3, -0.25) is 0 Å². The molecular formula is C18H34O. The summed E-state index contributed by atoms with van der Waals surface area (Å²) in [6, 6.07) is 0. The van der Waals surface area contributed by atoms with Crippen molar-refractivity contribution in [2.45, 2.75) is 91.6 Å². The largest absolute Gasteiger partial charge is 0.390 e. The van der Waals surface area contributed by atoms with Crippen LogP contribution in [0.4, 0.5) is 0 Å². The lowest BCUT2D eigenvalue weighted by atomic mass is 9.55. The molecule has 19 heavy (non-hydrogen) atoms. The highest BCUT2D eigenvalue weighted by molar-refractivity contribution is 5.02. The fourth-order valence-electron chi connectivity index (χ4n) is 5.58. The maximum atomic E-state index is 11.4. The maximum absolute atomic E-state index is 11.4. The summed E-state index contributed by atoms with van der Waals surface area (Å²) in [4.78, 5) is 0. The SMILES string of the molecule is CCC1CCCC(C2(O)CC(C)(C)CC(C)(C)C2)C1. The lowest BCUT2D eigenvalue weighted by Gasteiger charge is -2.53. The van der Waals surface area contributed by atoms with E-state index >= 15 is 0 Å². The Labute approximate surface area is 120 Å². The second-order valence-electron chi connectivity index (χ2n) is 9.10.